The Morgan fingerprint density at radius 1 is 0.963 bits per heavy atom. The van der Waals surface area contributed by atoms with E-state index in [1.165, 1.54) is 5.56 Å². The number of nitrogens with zero attached hydrogens (tertiary/aromatic N) is 2. The average Bonchev–Trinajstić information content (AvgIpc) is 3.00. The number of benzene rings is 2. The summed E-state index contributed by atoms with van der Waals surface area (Å²) in [7, 11) is 0. The summed E-state index contributed by atoms with van der Waals surface area (Å²) < 4.78 is 1.95. The van der Waals surface area contributed by atoms with E-state index in [0.717, 1.165) is 28.4 Å². The fourth-order valence-electron chi connectivity index (χ4n) is 3.05. The maximum atomic E-state index is 9.60. The third-order valence-corrected chi connectivity index (χ3v) is 4.79. The van der Waals surface area contributed by atoms with E-state index in [0.29, 0.717) is 10.9 Å². The van der Waals surface area contributed by atoms with E-state index in [2.05, 4.69) is 43.4 Å². The Bertz CT molecular complexity index is 1080. The molecule has 136 valence electrons. The summed E-state index contributed by atoms with van der Waals surface area (Å²) in [5, 5.41) is 13.7. The number of anilines is 2. The summed E-state index contributed by atoms with van der Waals surface area (Å²) in [6.45, 7) is 4.36. The number of aromatic nitrogens is 2. The second-order valence-corrected chi connectivity index (χ2v) is 7.27. The number of halogens is 1. The van der Waals surface area contributed by atoms with Crippen LogP contribution in [-0.2, 0) is 0 Å². The normalized spacial score (nSPS) is 11.3. The van der Waals surface area contributed by atoms with Crippen LogP contribution < -0.4 is 5.32 Å². The Hall–Kier alpha value is -2.98. The molecule has 0 saturated heterocycles. The number of phenolic OH excluding ortho intramolecular Hbond substituents is 1. The van der Waals surface area contributed by atoms with Crippen LogP contribution in [0.5, 0.6) is 5.75 Å². The maximum Gasteiger partial charge on any atom is 0.143 e. The molecule has 4 nitrogen and oxygen atoms in total. The Balaban J connectivity index is 1.82. The molecule has 0 spiro atoms. The van der Waals surface area contributed by atoms with Crippen molar-refractivity contribution in [3.05, 3.63) is 77.4 Å². The van der Waals surface area contributed by atoms with Crippen LogP contribution in [0.2, 0.25) is 5.02 Å². The summed E-state index contributed by atoms with van der Waals surface area (Å²) in [6.07, 6.45) is 1.85. The lowest BCUT2D eigenvalue weighted by Gasteiger charge is -2.11. The summed E-state index contributed by atoms with van der Waals surface area (Å²) in [6, 6.07) is 19.1. The third-order valence-electron chi connectivity index (χ3n) is 4.56. The molecule has 5 heteroatoms. The summed E-state index contributed by atoms with van der Waals surface area (Å²) in [4.78, 5) is 4.76. The fraction of sp³-hybridized carbons (Fsp3) is 0.136. The molecule has 2 heterocycles. The SMILES string of the molecule is CC(C)c1ccc(Nc2c(-c3ccc(O)cc3)nc3ccc(Cl)cn23)cc1. The van der Waals surface area contributed by atoms with Gasteiger partial charge in [-0.25, -0.2) is 4.98 Å². The number of imidazole rings is 1. The van der Waals surface area contributed by atoms with Gasteiger partial charge in [-0.15, -0.1) is 0 Å². The lowest BCUT2D eigenvalue weighted by atomic mass is 10.0. The topological polar surface area (TPSA) is 49.6 Å². The molecule has 4 aromatic rings. The van der Waals surface area contributed by atoms with Gasteiger partial charge < -0.3 is 10.4 Å². The number of phenols is 1. The molecule has 0 aliphatic carbocycles. The van der Waals surface area contributed by atoms with Crippen molar-refractivity contribution in [2.45, 2.75) is 19.8 Å². The van der Waals surface area contributed by atoms with E-state index in [4.69, 9.17) is 16.6 Å². The molecular formula is C22H20ClN3O. The van der Waals surface area contributed by atoms with Gasteiger partial charge >= 0.3 is 0 Å². The van der Waals surface area contributed by atoms with Crippen molar-refractivity contribution in [2.24, 2.45) is 0 Å². The van der Waals surface area contributed by atoms with Crippen LogP contribution in [0.3, 0.4) is 0 Å². The van der Waals surface area contributed by atoms with E-state index in [9.17, 15) is 5.11 Å². The monoisotopic (exact) mass is 377 g/mol. The van der Waals surface area contributed by atoms with Gasteiger partial charge in [0.05, 0.1) is 5.02 Å². The van der Waals surface area contributed by atoms with Gasteiger partial charge in [0.2, 0.25) is 0 Å². The fourth-order valence-corrected chi connectivity index (χ4v) is 3.21. The third kappa shape index (κ3) is 3.49. The van der Waals surface area contributed by atoms with Crippen LogP contribution in [0.1, 0.15) is 25.3 Å². The Morgan fingerprint density at radius 3 is 2.33 bits per heavy atom. The summed E-state index contributed by atoms with van der Waals surface area (Å²) in [5.41, 5.74) is 4.77. The first-order chi connectivity index (χ1) is 13.0. The highest BCUT2D eigenvalue weighted by Gasteiger charge is 2.15. The molecule has 2 aromatic heterocycles. The highest BCUT2D eigenvalue weighted by molar-refractivity contribution is 6.30. The molecule has 0 atom stereocenters. The Morgan fingerprint density at radius 2 is 1.67 bits per heavy atom. The van der Waals surface area contributed by atoms with Crippen molar-refractivity contribution in [3.8, 4) is 17.0 Å². The molecule has 0 saturated carbocycles. The highest BCUT2D eigenvalue weighted by Crippen LogP contribution is 2.33. The van der Waals surface area contributed by atoms with Crippen LogP contribution in [-0.4, -0.2) is 14.5 Å². The van der Waals surface area contributed by atoms with Gasteiger partial charge in [0.25, 0.3) is 0 Å². The van der Waals surface area contributed by atoms with Crippen molar-refractivity contribution in [1.82, 2.24) is 9.38 Å². The van der Waals surface area contributed by atoms with Gasteiger partial charge in [0.1, 0.15) is 22.9 Å². The number of aromatic hydroxyl groups is 1. The standard InChI is InChI=1S/C22H20ClN3O/c1-14(2)15-3-8-18(9-4-15)24-22-21(16-5-10-19(27)11-6-16)25-20-12-7-17(23)13-26(20)22/h3-14,24,27H,1-2H3. The largest absolute Gasteiger partial charge is 0.508 e. The first kappa shape index (κ1) is 17.4. The first-order valence-corrected chi connectivity index (χ1v) is 9.23. The maximum absolute atomic E-state index is 9.60. The van der Waals surface area contributed by atoms with Crippen molar-refractivity contribution in [1.29, 1.82) is 0 Å². The molecule has 2 aromatic carbocycles. The zero-order chi connectivity index (χ0) is 19.0. The molecule has 0 bridgehead atoms. The number of hydrogen-bond acceptors (Lipinski definition) is 3. The number of pyridine rings is 1. The second-order valence-electron chi connectivity index (χ2n) is 6.83. The average molecular weight is 378 g/mol. The Kier molecular flexibility index (Phi) is 4.50. The molecule has 2 N–H and O–H groups in total. The van der Waals surface area contributed by atoms with Crippen molar-refractivity contribution >= 4 is 28.8 Å². The predicted octanol–water partition coefficient (Wildman–Crippen LogP) is 6.23. The zero-order valence-corrected chi connectivity index (χ0v) is 15.9. The van der Waals surface area contributed by atoms with Gasteiger partial charge in [-0.1, -0.05) is 37.6 Å². The first-order valence-electron chi connectivity index (χ1n) is 8.85. The van der Waals surface area contributed by atoms with Crippen molar-refractivity contribution in [2.75, 3.05) is 5.32 Å². The predicted molar refractivity (Wildman–Crippen MR) is 111 cm³/mol. The Labute approximate surface area is 163 Å². The number of fused-ring (bicyclic) bond motifs is 1. The van der Waals surface area contributed by atoms with E-state index in [1.54, 1.807) is 12.1 Å². The van der Waals surface area contributed by atoms with Crippen LogP contribution >= 0.6 is 11.6 Å². The molecule has 4 rings (SSSR count). The van der Waals surface area contributed by atoms with Gasteiger partial charge in [-0.2, -0.15) is 0 Å². The molecule has 0 radical (unpaired) electrons. The van der Waals surface area contributed by atoms with Crippen LogP contribution in [0.4, 0.5) is 11.5 Å². The molecule has 0 amide bonds. The molecule has 0 unspecified atom stereocenters. The van der Waals surface area contributed by atoms with E-state index < -0.39 is 0 Å². The molecule has 27 heavy (non-hydrogen) atoms. The minimum absolute atomic E-state index is 0.226. The zero-order valence-electron chi connectivity index (χ0n) is 15.1. The van der Waals surface area contributed by atoms with Crippen LogP contribution in [0.25, 0.3) is 16.9 Å². The van der Waals surface area contributed by atoms with Gasteiger partial charge in [-0.3, -0.25) is 4.40 Å². The molecule has 0 aliphatic rings. The lowest BCUT2D eigenvalue weighted by Crippen LogP contribution is -1.97. The molecular weight excluding hydrogens is 358 g/mol. The number of hydrogen-bond donors (Lipinski definition) is 2. The minimum Gasteiger partial charge on any atom is -0.508 e. The smallest absolute Gasteiger partial charge is 0.143 e. The lowest BCUT2D eigenvalue weighted by molar-refractivity contribution is 0.475. The summed E-state index contributed by atoms with van der Waals surface area (Å²) >= 11 is 6.22. The van der Waals surface area contributed by atoms with E-state index in [-0.39, 0.29) is 5.75 Å². The quantitative estimate of drug-likeness (QED) is 0.443. The summed E-state index contributed by atoms with van der Waals surface area (Å²) in [5.74, 6) is 1.54. The molecule has 0 aliphatic heterocycles. The van der Waals surface area contributed by atoms with Gasteiger partial charge in [0.15, 0.2) is 0 Å². The minimum atomic E-state index is 0.226. The van der Waals surface area contributed by atoms with Gasteiger partial charge in [0, 0.05) is 17.4 Å². The van der Waals surface area contributed by atoms with Crippen LogP contribution in [0, 0.1) is 0 Å². The number of rotatable bonds is 4. The van der Waals surface area contributed by atoms with Crippen molar-refractivity contribution < 1.29 is 5.11 Å². The van der Waals surface area contributed by atoms with E-state index in [1.807, 2.05) is 34.9 Å². The molecule has 0 fully saturated rings. The second kappa shape index (κ2) is 6.97. The van der Waals surface area contributed by atoms with Gasteiger partial charge in [-0.05, 0) is 60.0 Å². The van der Waals surface area contributed by atoms with Crippen molar-refractivity contribution in [3.63, 3.8) is 0 Å². The highest BCUT2D eigenvalue weighted by atomic mass is 35.5. The van der Waals surface area contributed by atoms with E-state index >= 15 is 0 Å². The van der Waals surface area contributed by atoms with Crippen LogP contribution in [0.15, 0.2) is 66.9 Å². The number of nitrogens with one attached hydrogen (secondary N) is 1.